The summed E-state index contributed by atoms with van der Waals surface area (Å²) in [7, 11) is 0. The standard InChI is InChI=1S/C13H23NO2/c1-4-13(5-2)6-7-14(10-13)9-11(3)8-12(15)16/h8H,4-7,9-10H2,1-3H3,(H,15,16). The van der Waals surface area contributed by atoms with E-state index in [0.717, 1.165) is 25.2 Å². The van der Waals surface area contributed by atoms with Gasteiger partial charge >= 0.3 is 5.97 Å². The molecule has 0 bridgehead atoms. The summed E-state index contributed by atoms with van der Waals surface area (Å²) in [5, 5.41) is 8.66. The predicted octanol–water partition coefficient (Wildman–Crippen LogP) is 2.53. The van der Waals surface area contributed by atoms with Crippen molar-refractivity contribution in [3.63, 3.8) is 0 Å². The Kier molecular flexibility index (Phi) is 4.54. The second-order valence-corrected chi connectivity index (χ2v) is 5.00. The van der Waals surface area contributed by atoms with Gasteiger partial charge in [-0.05, 0) is 38.1 Å². The van der Waals surface area contributed by atoms with E-state index in [0.29, 0.717) is 5.41 Å². The number of hydrogen-bond donors (Lipinski definition) is 1. The maximum Gasteiger partial charge on any atom is 0.328 e. The summed E-state index contributed by atoms with van der Waals surface area (Å²) in [4.78, 5) is 12.9. The summed E-state index contributed by atoms with van der Waals surface area (Å²) in [5.74, 6) is -0.839. The molecule has 3 heteroatoms. The predicted molar refractivity (Wildman–Crippen MR) is 65.5 cm³/mol. The minimum absolute atomic E-state index is 0.476. The number of likely N-dealkylation sites (tertiary alicyclic amines) is 1. The second kappa shape index (κ2) is 5.48. The van der Waals surface area contributed by atoms with Crippen molar-refractivity contribution in [1.82, 2.24) is 4.90 Å². The lowest BCUT2D eigenvalue weighted by Gasteiger charge is -2.26. The monoisotopic (exact) mass is 225 g/mol. The van der Waals surface area contributed by atoms with Gasteiger partial charge in [-0.1, -0.05) is 19.4 Å². The van der Waals surface area contributed by atoms with Gasteiger partial charge in [0.1, 0.15) is 0 Å². The Bertz CT molecular complexity index is 280. The third kappa shape index (κ3) is 3.34. The highest BCUT2D eigenvalue weighted by Crippen LogP contribution is 2.36. The van der Waals surface area contributed by atoms with Crippen LogP contribution in [0.25, 0.3) is 0 Å². The van der Waals surface area contributed by atoms with Crippen LogP contribution in [0.15, 0.2) is 11.6 Å². The summed E-state index contributed by atoms with van der Waals surface area (Å²) in [6, 6.07) is 0. The highest BCUT2D eigenvalue weighted by molar-refractivity contribution is 5.80. The molecule has 0 aromatic carbocycles. The number of carbonyl (C=O) groups is 1. The van der Waals surface area contributed by atoms with Crippen molar-refractivity contribution in [2.75, 3.05) is 19.6 Å². The zero-order chi connectivity index (χ0) is 12.2. The van der Waals surface area contributed by atoms with E-state index in [1.54, 1.807) is 0 Å². The van der Waals surface area contributed by atoms with Crippen molar-refractivity contribution >= 4 is 5.97 Å². The minimum atomic E-state index is -0.839. The Morgan fingerprint density at radius 1 is 1.44 bits per heavy atom. The summed E-state index contributed by atoms with van der Waals surface area (Å²) in [5.41, 5.74) is 1.42. The third-order valence-electron chi connectivity index (χ3n) is 3.86. The summed E-state index contributed by atoms with van der Waals surface area (Å²) < 4.78 is 0. The van der Waals surface area contributed by atoms with Gasteiger partial charge in [0.2, 0.25) is 0 Å². The van der Waals surface area contributed by atoms with Crippen LogP contribution in [-0.4, -0.2) is 35.6 Å². The van der Waals surface area contributed by atoms with Gasteiger partial charge in [0, 0.05) is 19.2 Å². The van der Waals surface area contributed by atoms with E-state index < -0.39 is 5.97 Å². The Morgan fingerprint density at radius 3 is 2.50 bits per heavy atom. The maximum absolute atomic E-state index is 10.5. The minimum Gasteiger partial charge on any atom is -0.478 e. The van der Waals surface area contributed by atoms with Gasteiger partial charge in [-0.3, -0.25) is 4.90 Å². The highest BCUT2D eigenvalue weighted by atomic mass is 16.4. The molecule has 1 saturated heterocycles. The molecule has 0 amide bonds. The SMILES string of the molecule is CCC1(CC)CCN(CC(C)=CC(=O)O)C1. The molecule has 3 nitrogen and oxygen atoms in total. The fraction of sp³-hybridized carbons (Fsp3) is 0.769. The maximum atomic E-state index is 10.5. The Hall–Kier alpha value is -0.830. The van der Waals surface area contributed by atoms with Gasteiger partial charge in [0.25, 0.3) is 0 Å². The average Bonchev–Trinajstić information content (AvgIpc) is 2.61. The zero-order valence-corrected chi connectivity index (χ0v) is 10.6. The van der Waals surface area contributed by atoms with Gasteiger partial charge in [0.05, 0.1) is 0 Å². The first kappa shape index (κ1) is 13.2. The molecule has 0 atom stereocenters. The van der Waals surface area contributed by atoms with Crippen molar-refractivity contribution in [1.29, 1.82) is 0 Å². The topological polar surface area (TPSA) is 40.5 Å². The molecule has 0 aromatic heterocycles. The largest absolute Gasteiger partial charge is 0.478 e. The van der Waals surface area contributed by atoms with Crippen LogP contribution in [-0.2, 0) is 4.79 Å². The summed E-state index contributed by atoms with van der Waals surface area (Å²) in [6.45, 7) is 9.43. The smallest absolute Gasteiger partial charge is 0.328 e. The van der Waals surface area contributed by atoms with Crippen molar-refractivity contribution < 1.29 is 9.90 Å². The molecule has 0 spiro atoms. The van der Waals surface area contributed by atoms with E-state index in [4.69, 9.17) is 5.11 Å². The average molecular weight is 225 g/mol. The molecular formula is C13H23NO2. The van der Waals surface area contributed by atoms with Gasteiger partial charge < -0.3 is 5.11 Å². The summed E-state index contributed by atoms with van der Waals surface area (Å²) >= 11 is 0. The van der Waals surface area contributed by atoms with Crippen LogP contribution in [0.3, 0.4) is 0 Å². The van der Waals surface area contributed by atoms with Crippen LogP contribution in [0.4, 0.5) is 0 Å². The lowest BCUT2D eigenvalue weighted by molar-refractivity contribution is -0.131. The van der Waals surface area contributed by atoms with Gasteiger partial charge in [-0.15, -0.1) is 0 Å². The quantitative estimate of drug-likeness (QED) is 0.731. The molecule has 1 rings (SSSR count). The molecule has 0 radical (unpaired) electrons. The number of carboxylic acids is 1. The first-order valence-corrected chi connectivity index (χ1v) is 6.14. The van der Waals surface area contributed by atoms with E-state index in [9.17, 15) is 4.79 Å². The van der Waals surface area contributed by atoms with Gasteiger partial charge in [-0.25, -0.2) is 4.79 Å². The van der Waals surface area contributed by atoms with E-state index in [1.165, 1.54) is 25.3 Å². The van der Waals surface area contributed by atoms with Gasteiger partial charge in [0.15, 0.2) is 0 Å². The number of nitrogens with zero attached hydrogens (tertiary/aromatic N) is 1. The normalized spacial score (nSPS) is 21.3. The second-order valence-electron chi connectivity index (χ2n) is 5.00. The van der Waals surface area contributed by atoms with Crippen LogP contribution >= 0.6 is 0 Å². The number of rotatable bonds is 5. The molecular weight excluding hydrogens is 202 g/mol. The first-order chi connectivity index (χ1) is 7.51. The van der Waals surface area contributed by atoms with Crippen molar-refractivity contribution in [3.05, 3.63) is 11.6 Å². The third-order valence-corrected chi connectivity index (χ3v) is 3.86. The number of carboxylic acid groups (broad SMARTS) is 1. The van der Waals surface area contributed by atoms with Crippen molar-refractivity contribution in [2.45, 2.75) is 40.0 Å². The van der Waals surface area contributed by atoms with Gasteiger partial charge in [-0.2, -0.15) is 0 Å². The molecule has 92 valence electrons. The van der Waals surface area contributed by atoms with Crippen molar-refractivity contribution in [3.8, 4) is 0 Å². The fourth-order valence-corrected chi connectivity index (χ4v) is 2.60. The molecule has 16 heavy (non-hydrogen) atoms. The lowest BCUT2D eigenvalue weighted by atomic mass is 9.82. The van der Waals surface area contributed by atoms with Crippen LogP contribution in [0, 0.1) is 5.41 Å². The zero-order valence-electron chi connectivity index (χ0n) is 10.6. The van der Waals surface area contributed by atoms with Crippen LogP contribution in [0.2, 0.25) is 0 Å². The molecule has 1 aliphatic rings. The van der Waals surface area contributed by atoms with E-state index in [2.05, 4.69) is 18.7 Å². The molecule has 1 aliphatic heterocycles. The van der Waals surface area contributed by atoms with Crippen LogP contribution in [0.5, 0.6) is 0 Å². The summed E-state index contributed by atoms with van der Waals surface area (Å²) in [6.07, 6.45) is 5.02. The molecule has 0 saturated carbocycles. The van der Waals surface area contributed by atoms with E-state index in [-0.39, 0.29) is 0 Å². The number of aliphatic carboxylic acids is 1. The Balaban J connectivity index is 2.51. The highest BCUT2D eigenvalue weighted by Gasteiger charge is 2.34. The Labute approximate surface area is 98.1 Å². The first-order valence-electron chi connectivity index (χ1n) is 6.14. The molecule has 1 N–H and O–H groups in total. The Morgan fingerprint density at radius 2 is 2.06 bits per heavy atom. The van der Waals surface area contributed by atoms with E-state index in [1.807, 2.05) is 6.92 Å². The van der Waals surface area contributed by atoms with Crippen LogP contribution < -0.4 is 0 Å². The lowest BCUT2D eigenvalue weighted by Crippen LogP contribution is -2.27. The molecule has 0 aliphatic carbocycles. The number of hydrogen-bond acceptors (Lipinski definition) is 2. The molecule has 1 heterocycles. The molecule has 0 aromatic rings. The molecule has 1 fully saturated rings. The van der Waals surface area contributed by atoms with E-state index >= 15 is 0 Å². The fourth-order valence-electron chi connectivity index (χ4n) is 2.60. The van der Waals surface area contributed by atoms with Crippen LogP contribution in [0.1, 0.15) is 40.0 Å². The van der Waals surface area contributed by atoms with Crippen molar-refractivity contribution in [2.24, 2.45) is 5.41 Å². The molecule has 0 unspecified atom stereocenters.